The number of nitrogens with one attached hydrogen (secondary N) is 3. The summed E-state index contributed by atoms with van der Waals surface area (Å²) in [5, 5.41) is 6.01. The van der Waals surface area contributed by atoms with E-state index in [9.17, 15) is 13.2 Å². The normalized spacial score (nSPS) is 16.6. The lowest BCUT2D eigenvalue weighted by molar-refractivity contribution is -0.119. The van der Waals surface area contributed by atoms with E-state index in [1.165, 1.54) is 0 Å². The Morgan fingerprint density at radius 3 is 2.73 bits per heavy atom. The van der Waals surface area contributed by atoms with Gasteiger partial charge in [0.05, 0.1) is 18.9 Å². The number of hydrogen-bond donors (Lipinski definition) is 3. The van der Waals surface area contributed by atoms with E-state index in [0.29, 0.717) is 13.2 Å². The Kier molecular flexibility index (Phi) is 9.56. The fourth-order valence-corrected chi connectivity index (χ4v) is 2.92. The molecule has 0 bridgehead atoms. The summed E-state index contributed by atoms with van der Waals surface area (Å²) >= 11 is 0. The van der Waals surface area contributed by atoms with Gasteiger partial charge in [0.15, 0.2) is 0 Å². The predicted octanol–water partition coefficient (Wildman–Crippen LogP) is -1.65. The maximum atomic E-state index is 11.6. The zero-order valence-electron chi connectivity index (χ0n) is 13.3. The molecule has 0 aromatic heterocycles. The minimum atomic E-state index is -3.45. The van der Waals surface area contributed by atoms with Gasteiger partial charge in [0.2, 0.25) is 15.9 Å². The van der Waals surface area contributed by atoms with Crippen molar-refractivity contribution in [2.45, 2.75) is 13.3 Å². The number of carbonyl (C=O) groups excluding carboxylic acids is 1. The van der Waals surface area contributed by atoms with Crippen molar-refractivity contribution in [2.24, 2.45) is 0 Å². The summed E-state index contributed by atoms with van der Waals surface area (Å²) in [4.78, 5) is 13.9. The van der Waals surface area contributed by atoms with Crippen LogP contribution in [-0.2, 0) is 19.6 Å². The largest absolute Gasteiger partial charge is 0.381 e. The van der Waals surface area contributed by atoms with Crippen LogP contribution in [0.3, 0.4) is 0 Å². The monoisotopic (exact) mass is 336 g/mol. The number of sulfonamides is 1. The van der Waals surface area contributed by atoms with E-state index < -0.39 is 10.0 Å². The molecule has 130 valence electrons. The van der Waals surface area contributed by atoms with E-state index in [1.807, 2.05) is 0 Å². The Morgan fingerprint density at radius 1 is 1.32 bits per heavy atom. The molecule has 8 nitrogen and oxygen atoms in total. The van der Waals surface area contributed by atoms with Gasteiger partial charge in [0.25, 0.3) is 0 Å². The van der Waals surface area contributed by atoms with Crippen LogP contribution in [0.1, 0.15) is 13.3 Å². The van der Waals surface area contributed by atoms with Crippen LogP contribution in [0.4, 0.5) is 0 Å². The van der Waals surface area contributed by atoms with E-state index in [1.54, 1.807) is 6.92 Å². The smallest absolute Gasteiger partial charge is 0.235 e. The van der Waals surface area contributed by atoms with Crippen LogP contribution >= 0.6 is 0 Å². The number of ether oxygens (including phenoxy) is 1. The van der Waals surface area contributed by atoms with Crippen molar-refractivity contribution in [3.63, 3.8) is 0 Å². The molecule has 1 aliphatic heterocycles. The van der Waals surface area contributed by atoms with Crippen molar-refractivity contribution in [3.05, 3.63) is 0 Å². The fraction of sp³-hybridized carbons (Fsp3) is 0.923. The highest BCUT2D eigenvalue weighted by molar-refractivity contribution is 7.89. The van der Waals surface area contributed by atoms with Gasteiger partial charge in [-0.3, -0.25) is 4.79 Å². The molecule has 0 radical (unpaired) electrons. The zero-order valence-corrected chi connectivity index (χ0v) is 14.1. The van der Waals surface area contributed by atoms with Crippen LogP contribution in [0, 0.1) is 0 Å². The molecule has 1 saturated heterocycles. The van der Waals surface area contributed by atoms with Gasteiger partial charge in [-0.15, -0.1) is 0 Å². The van der Waals surface area contributed by atoms with Crippen LogP contribution in [0.5, 0.6) is 0 Å². The maximum Gasteiger partial charge on any atom is 0.235 e. The minimum Gasteiger partial charge on any atom is -0.381 e. The molecule has 0 aromatic rings. The first-order valence-corrected chi connectivity index (χ1v) is 9.43. The predicted molar refractivity (Wildman–Crippen MR) is 85.2 cm³/mol. The summed E-state index contributed by atoms with van der Waals surface area (Å²) in [6, 6.07) is 0. The quantitative estimate of drug-likeness (QED) is 0.391. The molecule has 1 aliphatic rings. The van der Waals surface area contributed by atoms with Gasteiger partial charge in [0, 0.05) is 39.3 Å². The highest BCUT2D eigenvalue weighted by atomic mass is 32.2. The third-order valence-electron chi connectivity index (χ3n) is 3.34. The summed E-state index contributed by atoms with van der Waals surface area (Å²) in [7, 11) is -3.45. The van der Waals surface area contributed by atoms with Gasteiger partial charge < -0.3 is 20.3 Å². The van der Waals surface area contributed by atoms with Crippen LogP contribution < -0.4 is 15.4 Å². The molecule has 0 spiro atoms. The third-order valence-corrected chi connectivity index (χ3v) is 4.62. The Bertz CT molecular complexity index is 410. The molecule has 1 heterocycles. The number of carbonyl (C=O) groups is 1. The molecule has 3 N–H and O–H groups in total. The van der Waals surface area contributed by atoms with Crippen molar-refractivity contribution < 1.29 is 17.9 Å². The molecule has 1 rings (SSSR count). The molecule has 0 unspecified atom stereocenters. The lowest BCUT2D eigenvalue weighted by Gasteiger charge is -2.27. The Balaban J connectivity index is 2.05. The van der Waals surface area contributed by atoms with E-state index in [2.05, 4.69) is 20.3 Å². The minimum absolute atomic E-state index is 0.128. The number of hydrogen-bond acceptors (Lipinski definition) is 6. The Hall–Kier alpha value is -0.740. The van der Waals surface area contributed by atoms with E-state index >= 15 is 0 Å². The first-order valence-electron chi connectivity index (χ1n) is 7.78. The average Bonchev–Trinajstić information content (AvgIpc) is 2.51. The second kappa shape index (κ2) is 10.9. The standard InChI is InChI=1S/C13H28N4O4S/c1-2-21-10-11-22(19,20)16-12-13(18)15-4-3-7-17-8-5-14-6-9-17/h14,16H,2-12H2,1H3,(H,15,18). The van der Waals surface area contributed by atoms with Crippen molar-refractivity contribution >= 4 is 15.9 Å². The first kappa shape index (κ1) is 19.3. The number of piperazine rings is 1. The summed E-state index contributed by atoms with van der Waals surface area (Å²) in [6.07, 6.45) is 0.864. The van der Waals surface area contributed by atoms with Crippen LogP contribution in [-0.4, -0.2) is 84.0 Å². The van der Waals surface area contributed by atoms with Crippen molar-refractivity contribution in [1.82, 2.24) is 20.3 Å². The van der Waals surface area contributed by atoms with E-state index in [-0.39, 0.29) is 24.8 Å². The summed E-state index contributed by atoms with van der Waals surface area (Å²) in [6.45, 7) is 7.79. The van der Waals surface area contributed by atoms with Gasteiger partial charge in [-0.1, -0.05) is 0 Å². The van der Waals surface area contributed by atoms with Crippen LogP contribution in [0.2, 0.25) is 0 Å². The number of rotatable bonds is 11. The van der Waals surface area contributed by atoms with Crippen molar-refractivity contribution in [2.75, 3.05) is 64.8 Å². The van der Waals surface area contributed by atoms with Gasteiger partial charge >= 0.3 is 0 Å². The van der Waals surface area contributed by atoms with Crippen molar-refractivity contribution in [3.8, 4) is 0 Å². The molecule has 22 heavy (non-hydrogen) atoms. The second-order valence-electron chi connectivity index (χ2n) is 5.13. The molecule has 0 aromatic carbocycles. The maximum absolute atomic E-state index is 11.6. The molecule has 1 fully saturated rings. The molecule has 9 heteroatoms. The van der Waals surface area contributed by atoms with E-state index in [0.717, 1.165) is 39.1 Å². The molecule has 1 amide bonds. The number of amides is 1. The van der Waals surface area contributed by atoms with E-state index in [4.69, 9.17) is 4.74 Å². The number of nitrogens with zero attached hydrogens (tertiary/aromatic N) is 1. The Labute approximate surface area is 133 Å². The van der Waals surface area contributed by atoms with Gasteiger partial charge in [-0.25, -0.2) is 13.1 Å². The second-order valence-corrected chi connectivity index (χ2v) is 7.06. The Morgan fingerprint density at radius 2 is 2.05 bits per heavy atom. The molecular formula is C13H28N4O4S. The third kappa shape index (κ3) is 9.31. The lowest BCUT2D eigenvalue weighted by atomic mass is 10.3. The highest BCUT2D eigenvalue weighted by Gasteiger charge is 2.12. The summed E-state index contributed by atoms with van der Waals surface area (Å²) in [5.74, 6) is -0.433. The lowest BCUT2D eigenvalue weighted by Crippen LogP contribution is -2.44. The molecule has 0 atom stereocenters. The van der Waals surface area contributed by atoms with Crippen LogP contribution in [0.25, 0.3) is 0 Å². The SMILES string of the molecule is CCOCCS(=O)(=O)NCC(=O)NCCCN1CCNCC1. The van der Waals surface area contributed by atoms with Crippen molar-refractivity contribution in [1.29, 1.82) is 0 Å². The fourth-order valence-electron chi connectivity index (χ4n) is 2.09. The topological polar surface area (TPSA) is 99.8 Å². The molecule has 0 aliphatic carbocycles. The average molecular weight is 336 g/mol. The van der Waals surface area contributed by atoms with Gasteiger partial charge in [0.1, 0.15) is 0 Å². The summed E-state index contributed by atoms with van der Waals surface area (Å²) in [5.41, 5.74) is 0. The first-order chi connectivity index (χ1) is 10.5. The molecule has 0 saturated carbocycles. The summed E-state index contributed by atoms with van der Waals surface area (Å²) < 4.78 is 30.4. The highest BCUT2D eigenvalue weighted by Crippen LogP contribution is 1.93. The van der Waals surface area contributed by atoms with Crippen LogP contribution in [0.15, 0.2) is 0 Å². The van der Waals surface area contributed by atoms with Gasteiger partial charge in [-0.05, 0) is 19.9 Å². The zero-order chi connectivity index (χ0) is 16.3. The molecular weight excluding hydrogens is 308 g/mol. The van der Waals surface area contributed by atoms with Gasteiger partial charge in [-0.2, -0.15) is 0 Å².